The van der Waals surface area contributed by atoms with Gasteiger partial charge in [-0.15, -0.1) is 0 Å². The summed E-state index contributed by atoms with van der Waals surface area (Å²) >= 11 is 0. The number of fused-ring (bicyclic) bond motifs is 27. The number of anilines is 6. The summed E-state index contributed by atoms with van der Waals surface area (Å²) in [7, 11) is 0. The highest BCUT2D eigenvalue weighted by atomic mass is 15.1. The lowest BCUT2D eigenvalue weighted by molar-refractivity contribution is 0.767. The highest BCUT2D eigenvalue weighted by molar-refractivity contribution is 6.05. The molecule has 22 aromatic rings. The Morgan fingerprint density at radius 3 is 0.787 bits per heavy atom. The van der Waals surface area contributed by atoms with Crippen molar-refractivity contribution in [3.05, 3.63) is 611 Å². The lowest BCUT2D eigenvalue weighted by Crippen LogP contribution is -2.29. The lowest BCUT2D eigenvalue weighted by atomic mass is 9.67. The molecule has 0 aliphatic heterocycles. The van der Waals surface area contributed by atoms with E-state index in [1.165, 1.54) is 178 Å². The molecule has 2 spiro atoms. The first-order chi connectivity index (χ1) is 67.4. The maximum Gasteiger partial charge on any atom is 0.0726 e. The summed E-state index contributed by atoms with van der Waals surface area (Å²) < 4.78 is 0. The number of benzene rings is 22. The summed E-state index contributed by atoms with van der Waals surface area (Å²) in [5.74, 6) is 0. The molecule has 6 aliphatic carbocycles. The minimum Gasteiger partial charge on any atom is -0.310 e. The molecule has 0 N–H and O–H groups in total. The van der Waals surface area contributed by atoms with E-state index >= 15 is 0 Å². The average molecular weight is 1720 g/mol. The highest BCUT2D eigenvalue weighted by Crippen LogP contribution is 2.68. The number of hydrogen-bond donors (Lipinski definition) is 0. The van der Waals surface area contributed by atoms with Crippen LogP contribution in [0.3, 0.4) is 0 Å². The van der Waals surface area contributed by atoms with Crippen molar-refractivity contribution in [1.82, 2.24) is 0 Å². The molecule has 0 aromatic heterocycles. The number of nitrogens with zero attached hydrogens (tertiary/aromatic N) is 2. The molecule has 0 bridgehead atoms. The molecule has 0 saturated heterocycles. The van der Waals surface area contributed by atoms with Crippen LogP contribution >= 0.6 is 0 Å². The van der Waals surface area contributed by atoms with Crippen LogP contribution in [-0.4, -0.2) is 0 Å². The molecule has 2 nitrogen and oxygen atoms in total. The summed E-state index contributed by atoms with van der Waals surface area (Å²) in [5, 5.41) is 2.46. The van der Waals surface area contributed by atoms with E-state index in [1.54, 1.807) is 0 Å². The van der Waals surface area contributed by atoms with Gasteiger partial charge in [0.25, 0.3) is 0 Å². The summed E-state index contributed by atoms with van der Waals surface area (Å²) in [6, 6.07) is 198. The van der Waals surface area contributed by atoms with Gasteiger partial charge in [-0.2, -0.15) is 0 Å². The predicted octanol–water partition coefficient (Wildman–Crippen LogP) is 33.9. The molecule has 0 heterocycles. The minimum absolute atomic E-state index is 0.552. The normalized spacial score (nSPS) is 14.0. The average Bonchev–Trinajstić information content (AvgIpc) is 1.50. The molecule has 0 unspecified atom stereocenters. The van der Waals surface area contributed by atoms with Crippen molar-refractivity contribution < 1.29 is 0 Å². The molecular weight excluding hydrogens is 1640 g/mol. The number of rotatable bonds is 14. The molecule has 0 amide bonds. The van der Waals surface area contributed by atoms with Crippen LogP contribution in [0, 0.1) is 0 Å². The first-order valence-corrected chi connectivity index (χ1v) is 47.6. The SMILES string of the molecule is c1ccc(-c2cc(-c3cccc4c3-c3ccc(N(c5ccc(-c6ccc7ccccc7c6)cc5)c5ccc6c(c5)C5(c7ccccc7-c7ccccc75)c5ccccc5-6)cc3C43c4ccccc4-c4ccccc43)ccc2-c2ccc(N(c3ccc4c(c3)C(c3ccccc3)(c3ccccc3)c3ccccc3-4)c3ccc4c(c3)C(c3ccccc3)(c3ccccc3)c3ccccc3-4)cc2)cc1. The first-order valence-electron chi connectivity index (χ1n) is 47.6. The van der Waals surface area contributed by atoms with E-state index in [2.05, 4.69) is 532 Å². The van der Waals surface area contributed by atoms with Gasteiger partial charge in [-0.1, -0.05) is 437 Å². The maximum absolute atomic E-state index is 2.58. The molecule has 22 aromatic carbocycles. The molecule has 28 rings (SSSR count). The molecule has 632 valence electrons. The fraction of sp³-hybridized carbons (Fsp3) is 0.0299. The molecule has 6 aliphatic rings. The molecule has 2 heteroatoms. The monoisotopic (exact) mass is 1720 g/mol. The standard InChI is InChI=1S/C134H86N2/c1-6-34-89(35-7-1)117-82-93(67-76-104(117)90-65-70-99(71-66-90)136(100-72-77-113-110-49-18-25-53-118(110)131(126(113)83-100,94-37-8-2-9-38-94)95-39-10-3-11-40-95)101-73-78-114-111-50-19-26-54-119(111)132(127(114)84-101,96-41-12-4-13-42-96)97-43-14-5-15-44-97)105-52-32-60-125-130(105)116-80-75-103(86-129(116)134(125)123-58-30-22-47-108(123)109-48-23-31-59-124(109)134)135(98-68-63-88(64-69-98)92-62-61-87-33-16-17-36-91(87)81-92)102-74-79-115-112-51-24-29-57-122(112)133(128(115)85-102)120-55-27-20-45-106(120)107-46-21-28-56-121(107)133/h1-86H. The van der Waals surface area contributed by atoms with Crippen LogP contribution < -0.4 is 9.80 Å². The molecular formula is C134H86N2. The zero-order valence-corrected chi connectivity index (χ0v) is 74.5. The quantitative estimate of drug-likeness (QED) is 0.107. The third-order valence-corrected chi connectivity index (χ3v) is 31.1. The smallest absolute Gasteiger partial charge is 0.0726 e. The van der Waals surface area contributed by atoms with E-state index in [-0.39, 0.29) is 0 Å². The van der Waals surface area contributed by atoms with Gasteiger partial charge in [0.2, 0.25) is 0 Å². The van der Waals surface area contributed by atoms with Crippen LogP contribution in [-0.2, 0) is 21.7 Å². The molecule has 0 fully saturated rings. The zero-order valence-electron chi connectivity index (χ0n) is 74.5. The van der Waals surface area contributed by atoms with Crippen LogP contribution in [0.4, 0.5) is 34.1 Å². The summed E-state index contributed by atoms with van der Waals surface area (Å²) in [6.07, 6.45) is 0. The van der Waals surface area contributed by atoms with Gasteiger partial charge in [0.15, 0.2) is 0 Å². The van der Waals surface area contributed by atoms with Crippen molar-refractivity contribution in [2.75, 3.05) is 9.80 Å². The van der Waals surface area contributed by atoms with Crippen molar-refractivity contribution in [2.45, 2.75) is 21.7 Å². The second-order valence-electron chi connectivity index (χ2n) is 37.4. The van der Waals surface area contributed by atoms with Gasteiger partial charge in [0.1, 0.15) is 0 Å². The Balaban J connectivity index is 0.621. The third kappa shape index (κ3) is 10.9. The predicted molar refractivity (Wildman–Crippen MR) is 562 cm³/mol. The molecule has 0 saturated carbocycles. The lowest BCUT2D eigenvalue weighted by Gasteiger charge is -2.36. The zero-order chi connectivity index (χ0) is 89.4. The first kappa shape index (κ1) is 77.5. The number of hydrogen-bond acceptors (Lipinski definition) is 2. The van der Waals surface area contributed by atoms with Crippen LogP contribution in [0.5, 0.6) is 0 Å². The fourth-order valence-corrected chi connectivity index (χ4v) is 25.6. The van der Waals surface area contributed by atoms with Crippen molar-refractivity contribution in [2.24, 2.45) is 0 Å². The topological polar surface area (TPSA) is 6.48 Å². The highest BCUT2D eigenvalue weighted by Gasteiger charge is 2.56. The second-order valence-corrected chi connectivity index (χ2v) is 37.4. The van der Waals surface area contributed by atoms with Crippen LogP contribution in [0.1, 0.15) is 89.0 Å². The van der Waals surface area contributed by atoms with Crippen LogP contribution in [0.25, 0.3) is 122 Å². The van der Waals surface area contributed by atoms with Crippen molar-refractivity contribution >= 4 is 44.9 Å². The Morgan fingerprint density at radius 2 is 0.382 bits per heavy atom. The Bertz CT molecular complexity index is 8280. The minimum atomic E-state index is -0.705. The van der Waals surface area contributed by atoms with E-state index in [9.17, 15) is 0 Å². The van der Waals surface area contributed by atoms with E-state index in [0.29, 0.717) is 0 Å². The van der Waals surface area contributed by atoms with Crippen molar-refractivity contribution in [3.8, 4) is 111 Å². The Labute approximate surface area is 792 Å². The molecule has 136 heavy (non-hydrogen) atoms. The fourth-order valence-electron chi connectivity index (χ4n) is 25.6. The van der Waals surface area contributed by atoms with Gasteiger partial charge in [0.05, 0.1) is 21.7 Å². The summed E-state index contributed by atoms with van der Waals surface area (Å²) in [4.78, 5) is 5.08. The van der Waals surface area contributed by atoms with Crippen LogP contribution in [0.2, 0.25) is 0 Å². The van der Waals surface area contributed by atoms with E-state index in [0.717, 1.165) is 67.5 Å². The maximum atomic E-state index is 2.58. The van der Waals surface area contributed by atoms with Gasteiger partial charge < -0.3 is 9.80 Å². The van der Waals surface area contributed by atoms with Crippen molar-refractivity contribution in [1.29, 1.82) is 0 Å². The van der Waals surface area contributed by atoms with E-state index < -0.39 is 21.7 Å². The van der Waals surface area contributed by atoms with Gasteiger partial charge in [-0.25, -0.2) is 0 Å². The van der Waals surface area contributed by atoms with E-state index in [4.69, 9.17) is 0 Å². The third-order valence-electron chi connectivity index (χ3n) is 31.1. The molecule has 0 radical (unpaired) electrons. The summed E-state index contributed by atoms with van der Waals surface area (Å²) in [6.45, 7) is 0. The van der Waals surface area contributed by atoms with Crippen molar-refractivity contribution in [3.63, 3.8) is 0 Å². The van der Waals surface area contributed by atoms with Crippen LogP contribution in [0.15, 0.2) is 522 Å². The van der Waals surface area contributed by atoms with Gasteiger partial charge in [-0.05, 0) is 296 Å². The molecule has 0 atom stereocenters. The Kier molecular flexibility index (Phi) is 17.2. The van der Waals surface area contributed by atoms with Gasteiger partial charge in [0, 0.05) is 34.1 Å². The van der Waals surface area contributed by atoms with E-state index in [1.807, 2.05) is 0 Å². The summed E-state index contributed by atoms with van der Waals surface area (Å²) in [5.41, 5.74) is 48.5. The Hall–Kier alpha value is -17.3. The van der Waals surface area contributed by atoms with Gasteiger partial charge in [-0.3, -0.25) is 0 Å². The second kappa shape index (κ2) is 30.1. The van der Waals surface area contributed by atoms with Gasteiger partial charge >= 0.3 is 0 Å². The Morgan fingerprint density at radius 1 is 0.118 bits per heavy atom. The largest absolute Gasteiger partial charge is 0.310 e.